The van der Waals surface area contributed by atoms with E-state index in [0.717, 1.165) is 6.29 Å². The molecule has 0 fully saturated rings. The van der Waals surface area contributed by atoms with Gasteiger partial charge in [0.1, 0.15) is 12.1 Å². The van der Waals surface area contributed by atoms with Gasteiger partial charge in [-0.2, -0.15) is 0 Å². The number of carbonyl (C=O) groups is 3. The van der Waals surface area contributed by atoms with Gasteiger partial charge in [0.05, 0.1) is 0 Å². The molecule has 4 nitrogen and oxygen atoms in total. The summed E-state index contributed by atoms with van der Waals surface area (Å²) in [5.41, 5.74) is 0. The van der Waals surface area contributed by atoms with Gasteiger partial charge < -0.3 is 9.69 Å². The van der Waals surface area contributed by atoms with Crippen molar-refractivity contribution in [3.05, 3.63) is 0 Å². The molecule has 0 N–H and O–H groups in total. The van der Waals surface area contributed by atoms with Crippen LogP contribution in [0.1, 0.15) is 54.4 Å². The zero-order valence-corrected chi connectivity index (χ0v) is 12.9. The van der Waals surface area contributed by atoms with Gasteiger partial charge in [0.15, 0.2) is 0 Å². The highest BCUT2D eigenvalue weighted by Crippen LogP contribution is 2.01. The van der Waals surface area contributed by atoms with Gasteiger partial charge in [0.2, 0.25) is 5.91 Å². The van der Waals surface area contributed by atoms with Gasteiger partial charge in [-0.1, -0.05) is 34.6 Å². The molecule has 0 saturated carbocycles. The average Bonchev–Trinajstić information content (AvgIpc) is 2.40. The molecule has 0 radical (unpaired) electrons. The van der Waals surface area contributed by atoms with Crippen LogP contribution < -0.4 is 0 Å². The third kappa shape index (κ3) is 14.8. The number of Topliss-reactive ketones (excluding diaryl/α,β-unsaturated/α-hetero) is 1. The smallest absolute Gasteiger partial charge is 0.223 e. The predicted molar refractivity (Wildman–Crippen MR) is 75.5 cm³/mol. The molecular weight excluding hydrogens is 230 g/mol. The number of rotatable bonds is 6. The lowest BCUT2D eigenvalue weighted by atomic mass is 10.1. The van der Waals surface area contributed by atoms with Gasteiger partial charge in [-0.15, -0.1) is 0 Å². The zero-order chi connectivity index (χ0) is 15.1. The van der Waals surface area contributed by atoms with E-state index in [-0.39, 0.29) is 24.0 Å². The second-order valence-electron chi connectivity index (χ2n) is 3.58. The van der Waals surface area contributed by atoms with Crippen molar-refractivity contribution in [3.8, 4) is 0 Å². The van der Waals surface area contributed by atoms with Crippen molar-refractivity contribution in [1.82, 2.24) is 4.90 Å². The van der Waals surface area contributed by atoms with Crippen LogP contribution in [0.3, 0.4) is 0 Å². The number of nitrogens with zero attached hydrogens (tertiary/aromatic N) is 1. The molecule has 0 aliphatic rings. The van der Waals surface area contributed by atoms with Crippen LogP contribution in [0.4, 0.5) is 0 Å². The van der Waals surface area contributed by atoms with Crippen molar-refractivity contribution in [3.63, 3.8) is 0 Å². The van der Waals surface area contributed by atoms with E-state index in [1.54, 1.807) is 14.0 Å². The third-order valence-corrected chi connectivity index (χ3v) is 1.95. The van der Waals surface area contributed by atoms with E-state index in [9.17, 15) is 14.4 Å². The first-order valence-electron chi connectivity index (χ1n) is 6.66. The highest BCUT2D eigenvalue weighted by atomic mass is 16.2. The molecule has 0 spiro atoms. The molecule has 0 aliphatic carbocycles. The molecule has 1 unspecified atom stereocenters. The van der Waals surface area contributed by atoms with Crippen LogP contribution in [-0.2, 0) is 14.4 Å². The summed E-state index contributed by atoms with van der Waals surface area (Å²) in [6.45, 7) is 11.6. The molecule has 108 valence electrons. The van der Waals surface area contributed by atoms with Gasteiger partial charge in [-0.05, 0) is 6.92 Å². The molecule has 0 aromatic carbocycles. The summed E-state index contributed by atoms with van der Waals surface area (Å²) >= 11 is 0. The molecule has 1 atom stereocenters. The van der Waals surface area contributed by atoms with Crippen LogP contribution in [0, 0.1) is 5.92 Å². The minimum absolute atomic E-state index is 0.0630. The molecule has 0 saturated heterocycles. The lowest BCUT2D eigenvalue weighted by Gasteiger charge is -2.16. The summed E-state index contributed by atoms with van der Waals surface area (Å²) in [4.78, 5) is 33.8. The van der Waals surface area contributed by atoms with Gasteiger partial charge >= 0.3 is 0 Å². The molecule has 0 rings (SSSR count). The van der Waals surface area contributed by atoms with Crippen LogP contribution in [-0.4, -0.2) is 36.5 Å². The van der Waals surface area contributed by atoms with Crippen molar-refractivity contribution in [2.24, 2.45) is 5.92 Å². The number of hydrogen-bond acceptors (Lipinski definition) is 3. The molecule has 0 aliphatic heterocycles. The summed E-state index contributed by atoms with van der Waals surface area (Å²) in [6.07, 6.45) is 1.35. The van der Waals surface area contributed by atoms with Crippen molar-refractivity contribution in [2.45, 2.75) is 54.4 Å². The van der Waals surface area contributed by atoms with Crippen LogP contribution >= 0.6 is 0 Å². The molecular formula is C14H29NO3. The van der Waals surface area contributed by atoms with E-state index >= 15 is 0 Å². The Bertz CT molecular complexity index is 227. The summed E-state index contributed by atoms with van der Waals surface area (Å²) in [5.74, 6) is -0.277. The fourth-order valence-electron chi connectivity index (χ4n) is 0.929. The second-order valence-corrected chi connectivity index (χ2v) is 3.58. The molecule has 0 aromatic heterocycles. The Hall–Kier alpha value is -1.19. The van der Waals surface area contributed by atoms with E-state index in [4.69, 9.17) is 0 Å². The minimum Gasteiger partial charge on any atom is -0.345 e. The van der Waals surface area contributed by atoms with Crippen LogP contribution in [0.2, 0.25) is 0 Å². The maximum Gasteiger partial charge on any atom is 0.223 e. The Balaban J connectivity index is -0.000000506. The monoisotopic (exact) mass is 259 g/mol. The lowest BCUT2D eigenvalue weighted by molar-refractivity contribution is -0.132. The molecule has 0 heterocycles. The first-order valence-corrected chi connectivity index (χ1v) is 6.66. The highest BCUT2D eigenvalue weighted by Gasteiger charge is 2.12. The van der Waals surface area contributed by atoms with E-state index in [2.05, 4.69) is 0 Å². The fraction of sp³-hybridized carbons (Fsp3) is 0.786. The van der Waals surface area contributed by atoms with E-state index in [0.29, 0.717) is 13.0 Å². The Labute approximate surface area is 112 Å². The fourth-order valence-corrected chi connectivity index (χ4v) is 0.929. The van der Waals surface area contributed by atoms with E-state index < -0.39 is 0 Å². The largest absolute Gasteiger partial charge is 0.345 e. The van der Waals surface area contributed by atoms with Crippen molar-refractivity contribution in [1.29, 1.82) is 0 Å². The second kappa shape index (κ2) is 15.8. The van der Waals surface area contributed by atoms with Crippen LogP contribution in [0.15, 0.2) is 0 Å². The maximum atomic E-state index is 11.4. The SMILES string of the molecule is CC.CC.CC(=O)CCN(C)C(=O)CC(C)C=O. The van der Waals surface area contributed by atoms with Gasteiger partial charge in [-0.25, -0.2) is 0 Å². The minimum atomic E-state index is -0.248. The number of amides is 1. The molecule has 0 bridgehead atoms. The Kier molecular flexibility index (Phi) is 19.4. The van der Waals surface area contributed by atoms with Gasteiger partial charge in [-0.3, -0.25) is 9.59 Å². The number of aldehydes is 1. The number of hydrogen-bond donors (Lipinski definition) is 0. The third-order valence-electron chi connectivity index (χ3n) is 1.95. The molecule has 0 aromatic rings. The summed E-state index contributed by atoms with van der Waals surface area (Å²) in [7, 11) is 1.64. The molecule has 1 amide bonds. The Morgan fingerprint density at radius 2 is 1.61 bits per heavy atom. The predicted octanol–water partition coefficient (Wildman–Crippen LogP) is 2.70. The normalized spacial score (nSPS) is 9.94. The molecule has 18 heavy (non-hydrogen) atoms. The van der Waals surface area contributed by atoms with E-state index in [1.165, 1.54) is 11.8 Å². The van der Waals surface area contributed by atoms with Crippen LogP contribution in [0.5, 0.6) is 0 Å². The summed E-state index contributed by atoms with van der Waals surface area (Å²) in [6, 6.07) is 0. The van der Waals surface area contributed by atoms with Crippen LogP contribution in [0.25, 0.3) is 0 Å². The lowest BCUT2D eigenvalue weighted by Crippen LogP contribution is -2.30. The summed E-state index contributed by atoms with van der Waals surface area (Å²) in [5, 5.41) is 0. The average molecular weight is 259 g/mol. The standard InChI is InChI=1S/C10H17NO3.2C2H6/c1-8(7-12)6-10(14)11(3)5-4-9(2)13;2*1-2/h7-8H,4-6H2,1-3H3;2*1-2H3. The highest BCUT2D eigenvalue weighted by molar-refractivity contribution is 5.80. The summed E-state index contributed by atoms with van der Waals surface area (Å²) < 4.78 is 0. The first kappa shape index (κ1) is 22.0. The maximum absolute atomic E-state index is 11.4. The van der Waals surface area contributed by atoms with E-state index in [1.807, 2.05) is 27.7 Å². The first-order chi connectivity index (χ1) is 8.47. The number of carbonyl (C=O) groups excluding carboxylic acids is 3. The zero-order valence-electron chi connectivity index (χ0n) is 12.9. The van der Waals surface area contributed by atoms with Crippen molar-refractivity contribution >= 4 is 18.0 Å². The Morgan fingerprint density at radius 1 is 1.17 bits per heavy atom. The van der Waals surface area contributed by atoms with Gasteiger partial charge in [0, 0.05) is 32.4 Å². The van der Waals surface area contributed by atoms with Crippen molar-refractivity contribution < 1.29 is 14.4 Å². The Morgan fingerprint density at radius 3 is 1.94 bits per heavy atom. The topological polar surface area (TPSA) is 54.5 Å². The van der Waals surface area contributed by atoms with Gasteiger partial charge in [0.25, 0.3) is 0 Å². The number of ketones is 1. The molecule has 4 heteroatoms. The quantitative estimate of drug-likeness (QED) is 0.689. The van der Waals surface area contributed by atoms with Crippen molar-refractivity contribution in [2.75, 3.05) is 13.6 Å².